The highest BCUT2D eigenvalue weighted by Crippen LogP contribution is 2.28. The number of hydrogen-bond donors (Lipinski definition) is 2. The summed E-state index contributed by atoms with van der Waals surface area (Å²) in [5.41, 5.74) is 8.81. The predicted molar refractivity (Wildman–Crippen MR) is 87.8 cm³/mol. The summed E-state index contributed by atoms with van der Waals surface area (Å²) in [7, 11) is -3.54. The lowest BCUT2D eigenvalue weighted by Gasteiger charge is -2.20. The van der Waals surface area contributed by atoms with Crippen molar-refractivity contribution in [1.29, 1.82) is 0 Å². The maximum absolute atomic E-state index is 12.6. The molecule has 4 nitrogen and oxygen atoms in total. The molecular formula is C14H24N2O2S2. The van der Waals surface area contributed by atoms with Crippen molar-refractivity contribution in [3.8, 4) is 0 Å². The summed E-state index contributed by atoms with van der Waals surface area (Å²) in [6.07, 6.45) is 2.73. The van der Waals surface area contributed by atoms with Gasteiger partial charge in [0.05, 0.1) is 4.90 Å². The largest absolute Gasteiger partial charge is 0.398 e. The molecule has 0 aromatic heterocycles. The third kappa shape index (κ3) is 3.68. The maximum Gasteiger partial charge on any atom is 0.241 e. The van der Waals surface area contributed by atoms with Crippen LogP contribution in [-0.2, 0) is 10.0 Å². The molecular weight excluding hydrogens is 292 g/mol. The molecule has 114 valence electrons. The van der Waals surface area contributed by atoms with Crippen molar-refractivity contribution in [3.63, 3.8) is 0 Å². The Bertz CT molecular complexity index is 583. The molecule has 3 N–H and O–H groups in total. The van der Waals surface area contributed by atoms with Gasteiger partial charge < -0.3 is 5.73 Å². The SMILES string of the molecule is CCC(CSC)NS(=O)(=O)c1c(C)cc(C)c(N)c1C. The van der Waals surface area contributed by atoms with Gasteiger partial charge in [-0.25, -0.2) is 13.1 Å². The fourth-order valence-electron chi connectivity index (χ4n) is 2.31. The molecule has 6 heteroatoms. The molecule has 0 spiro atoms. The fourth-order valence-corrected chi connectivity index (χ4v) is 4.94. The van der Waals surface area contributed by atoms with E-state index in [0.29, 0.717) is 16.1 Å². The topological polar surface area (TPSA) is 72.2 Å². The molecule has 1 atom stereocenters. The molecule has 0 saturated carbocycles. The number of thioether (sulfide) groups is 1. The Labute approximate surface area is 126 Å². The first-order chi connectivity index (χ1) is 9.24. The molecule has 0 aliphatic carbocycles. The lowest BCUT2D eigenvalue weighted by molar-refractivity contribution is 0.557. The van der Waals surface area contributed by atoms with Gasteiger partial charge in [-0.3, -0.25) is 0 Å². The van der Waals surface area contributed by atoms with E-state index < -0.39 is 10.0 Å². The van der Waals surface area contributed by atoms with E-state index in [2.05, 4.69) is 4.72 Å². The first kappa shape index (κ1) is 17.3. The Kier molecular flexibility index (Phi) is 5.91. The molecule has 0 aliphatic heterocycles. The van der Waals surface area contributed by atoms with Gasteiger partial charge >= 0.3 is 0 Å². The van der Waals surface area contributed by atoms with Crippen LogP contribution in [0.2, 0.25) is 0 Å². The van der Waals surface area contributed by atoms with Crippen molar-refractivity contribution < 1.29 is 8.42 Å². The third-order valence-corrected chi connectivity index (χ3v) is 5.96. The molecule has 0 radical (unpaired) electrons. The second-order valence-corrected chi connectivity index (χ2v) is 7.62. The number of aryl methyl sites for hydroxylation is 2. The van der Waals surface area contributed by atoms with Gasteiger partial charge in [-0.05, 0) is 50.1 Å². The number of nitrogens with two attached hydrogens (primary N) is 1. The van der Waals surface area contributed by atoms with E-state index in [0.717, 1.165) is 23.3 Å². The number of rotatable bonds is 6. The van der Waals surface area contributed by atoms with Crippen molar-refractivity contribution in [2.75, 3.05) is 17.7 Å². The molecule has 0 aliphatic rings. The first-order valence-electron chi connectivity index (χ1n) is 6.62. The molecule has 1 aromatic rings. The molecule has 1 rings (SSSR count). The second kappa shape index (κ2) is 6.83. The van der Waals surface area contributed by atoms with Crippen molar-refractivity contribution in [2.24, 2.45) is 0 Å². The van der Waals surface area contributed by atoms with Crippen molar-refractivity contribution >= 4 is 27.5 Å². The first-order valence-corrected chi connectivity index (χ1v) is 9.49. The van der Waals surface area contributed by atoms with Gasteiger partial charge in [-0.15, -0.1) is 0 Å². The molecule has 0 fully saturated rings. The van der Waals surface area contributed by atoms with E-state index in [4.69, 9.17) is 5.73 Å². The molecule has 0 saturated heterocycles. The summed E-state index contributed by atoms with van der Waals surface area (Å²) in [4.78, 5) is 0.320. The normalized spacial score (nSPS) is 13.4. The summed E-state index contributed by atoms with van der Waals surface area (Å²) in [5, 5.41) is 0. The van der Waals surface area contributed by atoms with Crippen LogP contribution in [0, 0.1) is 20.8 Å². The molecule has 0 bridgehead atoms. The van der Waals surface area contributed by atoms with Crippen molar-refractivity contribution in [3.05, 3.63) is 22.8 Å². The molecule has 20 heavy (non-hydrogen) atoms. The zero-order valence-corrected chi connectivity index (χ0v) is 14.4. The minimum absolute atomic E-state index is 0.0590. The van der Waals surface area contributed by atoms with Gasteiger partial charge in [0, 0.05) is 17.5 Å². The highest BCUT2D eigenvalue weighted by molar-refractivity contribution is 7.98. The lowest BCUT2D eigenvalue weighted by atomic mass is 10.1. The summed E-state index contributed by atoms with van der Waals surface area (Å²) in [5.74, 6) is 0.759. The van der Waals surface area contributed by atoms with Gasteiger partial charge in [0.1, 0.15) is 0 Å². The second-order valence-electron chi connectivity index (χ2n) is 5.06. The Balaban J connectivity index is 3.26. The monoisotopic (exact) mass is 316 g/mol. The van der Waals surface area contributed by atoms with E-state index in [1.807, 2.05) is 33.1 Å². The molecule has 0 heterocycles. The van der Waals surface area contributed by atoms with Crippen LogP contribution in [0.5, 0.6) is 0 Å². The van der Waals surface area contributed by atoms with Gasteiger partial charge in [0.15, 0.2) is 0 Å². The van der Waals surface area contributed by atoms with E-state index in [1.165, 1.54) is 0 Å². The summed E-state index contributed by atoms with van der Waals surface area (Å²) in [6, 6.07) is 1.77. The van der Waals surface area contributed by atoms with Crippen LogP contribution in [0.4, 0.5) is 5.69 Å². The fraction of sp³-hybridized carbons (Fsp3) is 0.571. The Hall–Kier alpha value is -0.720. The number of nitrogen functional groups attached to an aromatic ring is 1. The van der Waals surface area contributed by atoms with Crippen LogP contribution in [0.15, 0.2) is 11.0 Å². The van der Waals surface area contributed by atoms with Crippen LogP contribution in [0.1, 0.15) is 30.0 Å². The number of nitrogens with one attached hydrogen (secondary N) is 1. The number of benzene rings is 1. The zero-order chi connectivity index (χ0) is 15.5. The van der Waals surface area contributed by atoms with Crippen molar-refractivity contribution in [1.82, 2.24) is 4.72 Å². The molecule has 1 aromatic carbocycles. The summed E-state index contributed by atoms with van der Waals surface area (Å²) >= 11 is 1.63. The zero-order valence-electron chi connectivity index (χ0n) is 12.8. The average Bonchev–Trinajstić information content (AvgIpc) is 2.34. The minimum atomic E-state index is -3.54. The van der Waals surface area contributed by atoms with Crippen LogP contribution in [-0.4, -0.2) is 26.5 Å². The predicted octanol–water partition coefficient (Wildman–Crippen LogP) is 2.61. The molecule has 0 amide bonds. The van der Waals surface area contributed by atoms with Crippen molar-refractivity contribution in [2.45, 2.75) is 45.1 Å². The summed E-state index contributed by atoms with van der Waals surface area (Å²) < 4.78 is 28.0. The number of anilines is 1. The van der Waals surface area contributed by atoms with Gasteiger partial charge in [0.2, 0.25) is 10.0 Å². The van der Waals surface area contributed by atoms with Gasteiger partial charge in [0.25, 0.3) is 0 Å². The van der Waals surface area contributed by atoms with Crippen LogP contribution < -0.4 is 10.5 Å². The van der Waals surface area contributed by atoms with E-state index in [-0.39, 0.29) is 6.04 Å². The average molecular weight is 316 g/mol. The van der Waals surface area contributed by atoms with Crippen LogP contribution >= 0.6 is 11.8 Å². The van der Waals surface area contributed by atoms with Crippen LogP contribution in [0.25, 0.3) is 0 Å². The third-order valence-electron chi connectivity index (χ3n) is 3.41. The summed E-state index contributed by atoms with van der Waals surface area (Å²) in [6.45, 7) is 7.44. The van der Waals surface area contributed by atoms with Gasteiger partial charge in [-0.2, -0.15) is 11.8 Å². The maximum atomic E-state index is 12.6. The van der Waals surface area contributed by atoms with E-state index in [1.54, 1.807) is 18.7 Å². The number of sulfonamides is 1. The quantitative estimate of drug-likeness (QED) is 0.791. The van der Waals surface area contributed by atoms with E-state index >= 15 is 0 Å². The lowest BCUT2D eigenvalue weighted by Crippen LogP contribution is -2.36. The Morgan fingerprint density at radius 3 is 2.40 bits per heavy atom. The highest BCUT2D eigenvalue weighted by Gasteiger charge is 2.24. The molecule has 1 unspecified atom stereocenters. The highest BCUT2D eigenvalue weighted by atomic mass is 32.2. The van der Waals surface area contributed by atoms with E-state index in [9.17, 15) is 8.42 Å². The number of hydrogen-bond acceptors (Lipinski definition) is 4. The minimum Gasteiger partial charge on any atom is -0.398 e. The standard InChI is InChI=1S/C14H24N2O2S2/c1-6-12(8-19-5)16-20(17,18)14-10(3)7-9(2)13(15)11(14)4/h7,12,16H,6,8,15H2,1-5H3. The smallest absolute Gasteiger partial charge is 0.241 e. The Morgan fingerprint density at radius 2 is 1.90 bits per heavy atom. The van der Waals surface area contributed by atoms with Crippen LogP contribution in [0.3, 0.4) is 0 Å². The van der Waals surface area contributed by atoms with Gasteiger partial charge in [-0.1, -0.05) is 13.0 Å². The Morgan fingerprint density at radius 1 is 1.30 bits per heavy atom.